The molecule has 2 aromatic heterocycles. The zero-order valence-electron chi connectivity index (χ0n) is 15.4. The minimum absolute atomic E-state index is 0.177. The van der Waals surface area contributed by atoms with Crippen LogP contribution in [-0.4, -0.2) is 37.4 Å². The molecule has 0 spiro atoms. The SMILES string of the molecule is CCCOc1ccccc1-c1nc2c(CCC)nn(CC(=O)O)c2c(=O)[nH]1. The van der Waals surface area contributed by atoms with Gasteiger partial charge in [0, 0.05) is 0 Å². The van der Waals surface area contributed by atoms with Gasteiger partial charge in [0.15, 0.2) is 5.52 Å². The van der Waals surface area contributed by atoms with Crippen LogP contribution in [0.25, 0.3) is 22.4 Å². The second kappa shape index (κ2) is 8.03. The van der Waals surface area contributed by atoms with E-state index in [9.17, 15) is 9.59 Å². The topological polar surface area (TPSA) is 110 Å². The quantitative estimate of drug-likeness (QED) is 0.631. The summed E-state index contributed by atoms with van der Waals surface area (Å²) in [5.41, 5.74) is 1.49. The highest BCUT2D eigenvalue weighted by molar-refractivity contribution is 5.81. The van der Waals surface area contributed by atoms with E-state index in [0.29, 0.717) is 41.4 Å². The van der Waals surface area contributed by atoms with E-state index in [0.717, 1.165) is 12.8 Å². The van der Waals surface area contributed by atoms with Crippen LogP contribution in [0.15, 0.2) is 29.1 Å². The number of H-pyrrole nitrogens is 1. The molecule has 0 amide bonds. The molecular weight excluding hydrogens is 348 g/mol. The van der Waals surface area contributed by atoms with Gasteiger partial charge in [-0.25, -0.2) is 9.67 Å². The number of carbonyl (C=O) groups is 1. The van der Waals surface area contributed by atoms with Crippen LogP contribution in [-0.2, 0) is 17.8 Å². The van der Waals surface area contributed by atoms with Crippen molar-refractivity contribution in [1.82, 2.24) is 19.7 Å². The number of benzene rings is 1. The van der Waals surface area contributed by atoms with E-state index < -0.39 is 11.5 Å². The van der Waals surface area contributed by atoms with Crippen molar-refractivity contribution < 1.29 is 14.6 Å². The highest BCUT2D eigenvalue weighted by Crippen LogP contribution is 2.28. The van der Waals surface area contributed by atoms with Gasteiger partial charge in [-0.1, -0.05) is 32.4 Å². The molecule has 0 radical (unpaired) electrons. The number of carboxylic acids is 1. The second-order valence-corrected chi connectivity index (χ2v) is 6.20. The smallest absolute Gasteiger partial charge is 0.325 e. The van der Waals surface area contributed by atoms with Crippen LogP contribution in [0.3, 0.4) is 0 Å². The van der Waals surface area contributed by atoms with Crippen molar-refractivity contribution in [2.75, 3.05) is 6.61 Å². The average Bonchev–Trinajstić information content (AvgIpc) is 2.97. The first-order valence-corrected chi connectivity index (χ1v) is 8.98. The fraction of sp³-hybridized carbons (Fsp3) is 0.368. The average molecular weight is 370 g/mol. The van der Waals surface area contributed by atoms with Gasteiger partial charge in [-0.3, -0.25) is 9.59 Å². The maximum Gasteiger partial charge on any atom is 0.325 e. The predicted molar refractivity (Wildman–Crippen MR) is 101 cm³/mol. The van der Waals surface area contributed by atoms with Crippen molar-refractivity contribution >= 4 is 17.0 Å². The molecule has 0 unspecified atom stereocenters. The van der Waals surface area contributed by atoms with Gasteiger partial charge in [0.25, 0.3) is 5.56 Å². The Balaban J connectivity index is 2.19. The molecular formula is C19H22N4O4. The summed E-state index contributed by atoms with van der Waals surface area (Å²) >= 11 is 0. The van der Waals surface area contributed by atoms with Crippen LogP contribution >= 0.6 is 0 Å². The second-order valence-electron chi connectivity index (χ2n) is 6.20. The number of aromatic nitrogens is 4. The molecule has 0 saturated carbocycles. The van der Waals surface area contributed by atoms with Gasteiger partial charge in [0.05, 0.1) is 17.9 Å². The third-order valence-corrected chi connectivity index (χ3v) is 4.04. The Morgan fingerprint density at radius 2 is 2.04 bits per heavy atom. The zero-order chi connectivity index (χ0) is 19.4. The van der Waals surface area contributed by atoms with Gasteiger partial charge in [0.2, 0.25) is 0 Å². The lowest BCUT2D eigenvalue weighted by Gasteiger charge is -2.10. The fourth-order valence-corrected chi connectivity index (χ4v) is 2.93. The van der Waals surface area contributed by atoms with Gasteiger partial charge in [0.1, 0.15) is 23.6 Å². The first kappa shape index (κ1) is 18.6. The normalized spacial score (nSPS) is 11.0. The lowest BCUT2D eigenvalue weighted by atomic mass is 10.1. The molecule has 8 nitrogen and oxygen atoms in total. The summed E-state index contributed by atoms with van der Waals surface area (Å²) in [4.78, 5) is 31.2. The van der Waals surface area contributed by atoms with E-state index in [1.807, 2.05) is 38.1 Å². The molecule has 0 atom stereocenters. The van der Waals surface area contributed by atoms with Gasteiger partial charge in [-0.2, -0.15) is 5.10 Å². The molecule has 0 aliphatic rings. The fourth-order valence-electron chi connectivity index (χ4n) is 2.93. The summed E-state index contributed by atoms with van der Waals surface area (Å²) in [6, 6.07) is 7.37. The Morgan fingerprint density at radius 3 is 2.74 bits per heavy atom. The molecule has 0 saturated heterocycles. The molecule has 3 rings (SSSR count). The first-order valence-electron chi connectivity index (χ1n) is 8.98. The van der Waals surface area contributed by atoms with E-state index in [1.165, 1.54) is 4.68 Å². The zero-order valence-corrected chi connectivity index (χ0v) is 15.4. The molecule has 27 heavy (non-hydrogen) atoms. The lowest BCUT2D eigenvalue weighted by Crippen LogP contribution is -2.17. The highest BCUT2D eigenvalue weighted by Gasteiger charge is 2.19. The van der Waals surface area contributed by atoms with Crippen LogP contribution in [0.2, 0.25) is 0 Å². The standard InChI is InChI=1S/C19H22N4O4/c1-3-7-13-16-17(23(22-13)11-15(24)25)19(26)21-18(20-16)12-8-5-6-9-14(12)27-10-4-2/h5-6,8-9H,3-4,7,10-11H2,1-2H3,(H,24,25)(H,20,21,26). The van der Waals surface area contributed by atoms with E-state index >= 15 is 0 Å². The Hall–Kier alpha value is -3.16. The predicted octanol–water partition coefficient (Wildman–Crippen LogP) is 2.61. The monoisotopic (exact) mass is 370 g/mol. The summed E-state index contributed by atoms with van der Waals surface area (Å²) in [6.07, 6.45) is 2.27. The third kappa shape index (κ3) is 3.84. The van der Waals surface area contributed by atoms with Crippen molar-refractivity contribution in [3.05, 3.63) is 40.3 Å². The minimum atomic E-state index is -1.07. The number of ether oxygens (including phenoxy) is 1. The van der Waals surface area contributed by atoms with Crippen molar-refractivity contribution in [3.63, 3.8) is 0 Å². The summed E-state index contributed by atoms with van der Waals surface area (Å²) < 4.78 is 6.97. The van der Waals surface area contributed by atoms with Crippen LogP contribution in [0, 0.1) is 0 Å². The summed E-state index contributed by atoms with van der Waals surface area (Å²) in [6.45, 7) is 4.17. The molecule has 3 aromatic rings. The van der Waals surface area contributed by atoms with Gasteiger partial charge in [-0.05, 0) is 25.0 Å². The van der Waals surface area contributed by atoms with Gasteiger partial charge >= 0.3 is 5.97 Å². The highest BCUT2D eigenvalue weighted by atomic mass is 16.5. The molecule has 0 bridgehead atoms. The Labute approximate surface area is 155 Å². The maximum absolute atomic E-state index is 12.7. The Kier molecular flexibility index (Phi) is 5.54. The first-order chi connectivity index (χ1) is 13.0. The number of aryl methyl sites for hydroxylation is 1. The number of para-hydroxylation sites is 1. The summed E-state index contributed by atoms with van der Waals surface area (Å²) in [7, 11) is 0. The number of aliphatic carboxylic acids is 1. The number of nitrogens with zero attached hydrogens (tertiary/aromatic N) is 3. The Morgan fingerprint density at radius 1 is 1.26 bits per heavy atom. The van der Waals surface area contributed by atoms with E-state index in [2.05, 4.69) is 15.1 Å². The van der Waals surface area contributed by atoms with Crippen molar-refractivity contribution in [3.8, 4) is 17.1 Å². The van der Waals surface area contributed by atoms with E-state index in [-0.39, 0.29) is 12.1 Å². The molecule has 2 heterocycles. The molecule has 0 aliphatic carbocycles. The number of fused-ring (bicyclic) bond motifs is 1. The molecule has 8 heteroatoms. The van der Waals surface area contributed by atoms with Gasteiger partial charge in [-0.15, -0.1) is 0 Å². The van der Waals surface area contributed by atoms with Crippen molar-refractivity contribution in [1.29, 1.82) is 0 Å². The number of hydrogen-bond donors (Lipinski definition) is 2. The summed E-state index contributed by atoms with van der Waals surface area (Å²) in [5, 5.41) is 13.4. The largest absolute Gasteiger partial charge is 0.493 e. The van der Waals surface area contributed by atoms with Gasteiger partial charge < -0.3 is 14.8 Å². The maximum atomic E-state index is 12.7. The molecule has 0 fully saturated rings. The lowest BCUT2D eigenvalue weighted by molar-refractivity contribution is -0.137. The van der Waals surface area contributed by atoms with Crippen molar-refractivity contribution in [2.24, 2.45) is 0 Å². The third-order valence-electron chi connectivity index (χ3n) is 4.04. The molecule has 1 aromatic carbocycles. The number of rotatable bonds is 8. The Bertz CT molecular complexity index is 1020. The number of nitrogens with one attached hydrogen (secondary N) is 1. The van der Waals surface area contributed by atoms with E-state index in [4.69, 9.17) is 9.84 Å². The van der Waals surface area contributed by atoms with E-state index in [1.54, 1.807) is 0 Å². The van der Waals surface area contributed by atoms with Crippen LogP contribution in [0.1, 0.15) is 32.4 Å². The number of aromatic amines is 1. The van der Waals surface area contributed by atoms with Crippen LogP contribution < -0.4 is 10.3 Å². The molecule has 2 N–H and O–H groups in total. The summed E-state index contributed by atoms with van der Waals surface area (Å²) in [5.74, 6) is -0.0486. The number of carboxylic acid groups (broad SMARTS) is 1. The molecule has 0 aliphatic heterocycles. The minimum Gasteiger partial charge on any atom is -0.493 e. The number of hydrogen-bond acceptors (Lipinski definition) is 5. The van der Waals surface area contributed by atoms with Crippen molar-refractivity contribution in [2.45, 2.75) is 39.7 Å². The van der Waals surface area contributed by atoms with Crippen LogP contribution in [0.4, 0.5) is 0 Å². The molecule has 142 valence electrons. The van der Waals surface area contributed by atoms with Crippen LogP contribution in [0.5, 0.6) is 5.75 Å².